The van der Waals surface area contributed by atoms with Crippen molar-refractivity contribution in [3.05, 3.63) is 108 Å². The minimum Gasteiger partial charge on any atom is -0.308 e. The van der Waals surface area contributed by atoms with Crippen LogP contribution >= 0.6 is 7.60 Å². The predicted octanol–water partition coefficient (Wildman–Crippen LogP) is 6.24. The van der Waals surface area contributed by atoms with E-state index >= 15 is 0 Å². The van der Waals surface area contributed by atoms with Crippen LogP contribution in [0.2, 0.25) is 0 Å². The lowest BCUT2D eigenvalue weighted by atomic mass is 9.84. The highest BCUT2D eigenvalue weighted by atomic mass is 31.2. The Morgan fingerprint density at radius 2 is 0.926 bits per heavy atom. The Morgan fingerprint density at radius 3 is 1.19 bits per heavy atom. The topological polar surface area (TPSA) is 35.5 Å². The summed E-state index contributed by atoms with van der Waals surface area (Å²) in [6.45, 7) is 4.28. The molecule has 0 aliphatic rings. The van der Waals surface area contributed by atoms with E-state index in [2.05, 4.69) is 0 Å². The van der Waals surface area contributed by atoms with Crippen LogP contribution in [0.5, 0.6) is 0 Å². The van der Waals surface area contributed by atoms with Crippen LogP contribution in [0.4, 0.5) is 0 Å². The highest BCUT2D eigenvalue weighted by molar-refractivity contribution is 7.55. The third kappa shape index (κ3) is 3.51. The molecule has 0 radical (unpaired) electrons. The standard InChI is InChI=1S/C23H25O3P/c1-3-25-27(24,26-4-2)23(20-14-8-5-9-15-20,21-16-10-6-11-17-21)22-18-12-7-13-19-22/h5-19H,3-4H2,1-2H3. The molecule has 0 unspecified atom stereocenters. The largest absolute Gasteiger partial charge is 0.349 e. The highest BCUT2D eigenvalue weighted by Crippen LogP contribution is 2.70. The lowest BCUT2D eigenvalue weighted by Crippen LogP contribution is -2.31. The van der Waals surface area contributed by atoms with Crippen molar-refractivity contribution in [1.29, 1.82) is 0 Å². The van der Waals surface area contributed by atoms with Gasteiger partial charge in [0.15, 0.2) is 0 Å². The molecule has 0 amide bonds. The molecule has 0 bridgehead atoms. The van der Waals surface area contributed by atoms with Crippen LogP contribution in [0.25, 0.3) is 0 Å². The van der Waals surface area contributed by atoms with Gasteiger partial charge < -0.3 is 9.05 Å². The lowest BCUT2D eigenvalue weighted by Gasteiger charge is -2.40. The molecule has 3 nitrogen and oxygen atoms in total. The lowest BCUT2D eigenvalue weighted by molar-refractivity contribution is 0.206. The molecule has 140 valence electrons. The van der Waals surface area contributed by atoms with Crippen LogP contribution in [0, 0.1) is 0 Å². The van der Waals surface area contributed by atoms with Gasteiger partial charge in [-0.25, -0.2) is 0 Å². The zero-order valence-electron chi connectivity index (χ0n) is 15.7. The molecular weight excluding hydrogens is 355 g/mol. The molecule has 0 N–H and O–H groups in total. The van der Waals surface area contributed by atoms with Crippen molar-refractivity contribution in [2.45, 2.75) is 19.0 Å². The minimum absolute atomic E-state index is 0.297. The third-order valence-electron chi connectivity index (χ3n) is 4.58. The van der Waals surface area contributed by atoms with E-state index in [0.29, 0.717) is 13.2 Å². The van der Waals surface area contributed by atoms with Crippen molar-refractivity contribution in [2.24, 2.45) is 0 Å². The molecule has 0 fully saturated rings. The summed E-state index contributed by atoms with van der Waals surface area (Å²) in [6.07, 6.45) is 0. The maximum absolute atomic E-state index is 14.4. The summed E-state index contributed by atoms with van der Waals surface area (Å²) in [5.41, 5.74) is 2.65. The fourth-order valence-corrected chi connectivity index (χ4v) is 6.12. The predicted molar refractivity (Wildman–Crippen MR) is 110 cm³/mol. The van der Waals surface area contributed by atoms with Gasteiger partial charge in [0.2, 0.25) is 0 Å². The van der Waals surface area contributed by atoms with E-state index in [-0.39, 0.29) is 0 Å². The normalized spacial score (nSPS) is 12.1. The van der Waals surface area contributed by atoms with Gasteiger partial charge in [-0.3, -0.25) is 4.57 Å². The van der Waals surface area contributed by atoms with Crippen molar-refractivity contribution >= 4 is 7.60 Å². The van der Waals surface area contributed by atoms with Crippen molar-refractivity contribution in [3.63, 3.8) is 0 Å². The summed E-state index contributed by atoms with van der Waals surface area (Å²) in [6, 6.07) is 29.5. The Hall–Kier alpha value is -2.19. The molecule has 0 atom stereocenters. The first-order valence-electron chi connectivity index (χ1n) is 9.24. The smallest absolute Gasteiger partial charge is 0.308 e. The molecule has 0 saturated heterocycles. The molecular formula is C23H25O3P. The van der Waals surface area contributed by atoms with Crippen molar-refractivity contribution < 1.29 is 13.6 Å². The van der Waals surface area contributed by atoms with Crippen LogP contribution in [0.15, 0.2) is 91.0 Å². The van der Waals surface area contributed by atoms with Gasteiger partial charge in [-0.15, -0.1) is 0 Å². The fraction of sp³-hybridized carbons (Fsp3) is 0.217. The first-order valence-corrected chi connectivity index (χ1v) is 10.8. The first-order chi connectivity index (χ1) is 13.2. The van der Waals surface area contributed by atoms with E-state index in [1.54, 1.807) is 0 Å². The van der Waals surface area contributed by atoms with Crippen molar-refractivity contribution in [3.8, 4) is 0 Å². The molecule has 3 rings (SSSR count). The summed E-state index contributed by atoms with van der Waals surface area (Å²) in [4.78, 5) is 0. The second-order valence-electron chi connectivity index (χ2n) is 6.14. The van der Waals surface area contributed by atoms with Gasteiger partial charge in [0.1, 0.15) is 5.16 Å². The highest BCUT2D eigenvalue weighted by Gasteiger charge is 2.54. The van der Waals surface area contributed by atoms with Crippen LogP contribution in [-0.2, 0) is 18.8 Å². The summed E-state index contributed by atoms with van der Waals surface area (Å²) in [7, 11) is -3.63. The molecule has 27 heavy (non-hydrogen) atoms. The van der Waals surface area contributed by atoms with Crippen molar-refractivity contribution in [2.75, 3.05) is 13.2 Å². The van der Waals surface area contributed by atoms with Gasteiger partial charge >= 0.3 is 7.60 Å². The van der Waals surface area contributed by atoms with E-state index < -0.39 is 12.8 Å². The minimum atomic E-state index is -3.63. The van der Waals surface area contributed by atoms with Gasteiger partial charge in [-0.05, 0) is 30.5 Å². The van der Waals surface area contributed by atoms with E-state index in [9.17, 15) is 4.57 Å². The maximum atomic E-state index is 14.4. The molecule has 0 heterocycles. The Labute approximate surface area is 161 Å². The number of hydrogen-bond donors (Lipinski definition) is 0. The molecule has 0 aromatic heterocycles. The van der Waals surface area contributed by atoms with Crippen LogP contribution in [-0.4, -0.2) is 13.2 Å². The van der Waals surface area contributed by atoms with Crippen molar-refractivity contribution in [1.82, 2.24) is 0 Å². The molecule has 3 aromatic rings. The number of hydrogen-bond acceptors (Lipinski definition) is 3. The molecule has 0 saturated carbocycles. The van der Waals surface area contributed by atoms with Gasteiger partial charge in [0, 0.05) is 0 Å². The fourth-order valence-electron chi connectivity index (χ4n) is 3.58. The summed E-state index contributed by atoms with van der Waals surface area (Å²) in [5, 5.41) is -1.05. The van der Waals surface area contributed by atoms with Crippen LogP contribution < -0.4 is 0 Å². The summed E-state index contributed by atoms with van der Waals surface area (Å²) < 4.78 is 26.3. The van der Waals surface area contributed by atoms with E-state index in [0.717, 1.165) is 16.7 Å². The molecule has 0 aliphatic heterocycles. The molecule has 0 aliphatic carbocycles. The Kier molecular flexibility index (Phi) is 6.28. The van der Waals surface area contributed by atoms with E-state index in [1.807, 2.05) is 105 Å². The average molecular weight is 380 g/mol. The Morgan fingerprint density at radius 1 is 0.630 bits per heavy atom. The SMILES string of the molecule is CCOP(=O)(OCC)C(c1ccccc1)(c1ccccc1)c1ccccc1. The Bertz CT molecular complexity index is 773. The molecule has 4 heteroatoms. The van der Waals surface area contributed by atoms with Gasteiger partial charge in [-0.2, -0.15) is 0 Å². The zero-order chi connectivity index (χ0) is 19.2. The zero-order valence-corrected chi connectivity index (χ0v) is 16.6. The number of benzene rings is 3. The van der Waals surface area contributed by atoms with Gasteiger partial charge in [-0.1, -0.05) is 91.0 Å². The molecule has 0 spiro atoms. The van der Waals surface area contributed by atoms with Crippen LogP contribution in [0.3, 0.4) is 0 Å². The number of rotatable bonds is 8. The molecule has 3 aromatic carbocycles. The first kappa shape index (κ1) is 19.6. The monoisotopic (exact) mass is 380 g/mol. The summed E-state index contributed by atoms with van der Waals surface area (Å²) >= 11 is 0. The van der Waals surface area contributed by atoms with Gasteiger partial charge in [0.05, 0.1) is 13.2 Å². The average Bonchev–Trinajstić information content (AvgIpc) is 2.71. The maximum Gasteiger partial charge on any atom is 0.349 e. The third-order valence-corrected chi connectivity index (χ3v) is 7.38. The Balaban J connectivity index is 2.45. The second kappa shape index (κ2) is 8.67. The quantitative estimate of drug-likeness (QED) is 0.342. The van der Waals surface area contributed by atoms with Crippen LogP contribution in [0.1, 0.15) is 30.5 Å². The van der Waals surface area contributed by atoms with E-state index in [1.165, 1.54) is 0 Å². The van der Waals surface area contributed by atoms with Gasteiger partial charge in [0.25, 0.3) is 0 Å². The van der Waals surface area contributed by atoms with E-state index in [4.69, 9.17) is 9.05 Å². The summed E-state index contributed by atoms with van der Waals surface area (Å²) in [5.74, 6) is 0. The second-order valence-corrected chi connectivity index (χ2v) is 8.32.